The molecular formula is C15H12Cl2N2. The van der Waals surface area contributed by atoms with E-state index in [-0.39, 0.29) is 12.4 Å². The van der Waals surface area contributed by atoms with Crippen LogP contribution in [0.15, 0.2) is 48.5 Å². The summed E-state index contributed by atoms with van der Waals surface area (Å²) in [6, 6.07) is 15.9. The fourth-order valence-corrected chi connectivity index (χ4v) is 2.11. The molecule has 0 spiro atoms. The van der Waals surface area contributed by atoms with Crippen molar-refractivity contribution < 1.29 is 0 Å². The van der Waals surface area contributed by atoms with Crippen molar-refractivity contribution in [3.05, 3.63) is 59.2 Å². The Morgan fingerprint density at radius 3 is 2.32 bits per heavy atom. The Labute approximate surface area is 122 Å². The topological polar surface area (TPSA) is 25.8 Å². The Bertz CT molecular complexity index is 709. The van der Waals surface area contributed by atoms with Gasteiger partial charge >= 0.3 is 0 Å². The van der Waals surface area contributed by atoms with E-state index in [0.717, 1.165) is 16.5 Å². The average molecular weight is 291 g/mol. The summed E-state index contributed by atoms with van der Waals surface area (Å²) in [5, 5.41) is 1.38. The summed E-state index contributed by atoms with van der Waals surface area (Å²) in [6.07, 6.45) is 0. The van der Waals surface area contributed by atoms with E-state index >= 15 is 0 Å². The van der Waals surface area contributed by atoms with Gasteiger partial charge in [-0.2, -0.15) is 0 Å². The third-order valence-electron chi connectivity index (χ3n) is 2.87. The van der Waals surface area contributed by atoms with Crippen molar-refractivity contribution in [2.75, 3.05) is 0 Å². The molecule has 0 saturated carbocycles. The number of benzene rings is 2. The number of hydrogen-bond acceptors (Lipinski definition) is 2. The van der Waals surface area contributed by atoms with Gasteiger partial charge in [0.2, 0.25) is 0 Å². The molecule has 3 rings (SSSR count). The maximum atomic E-state index is 6.19. The molecule has 0 N–H and O–H groups in total. The highest BCUT2D eigenvalue weighted by Gasteiger charge is 2.06. The Morgan fingerprint density at radius 1 is 0.895 bits per heavy atom. The van der Waals surface area contributed by atoms with Gasteiger partial charge in [0, 0.05) is 10.9 Å². The molecule has 19 heavy (non-hydrogen) atoms. The quantitative estimate of drug-likeness (QED) is 0.608. The third-order valence-corrected chi connectivity index (χ3v) is 3.15. The number of aryl methyl sites for hydroxylation is 1. The van der Waals surface area contributed by atoms with Crippen LogP contribution < -0.4 is 0 Å². The minimum Gasteiger partial charge on any atom is -0.228 e. The Morgan fingerprint density at radius 2 is 1.58 bits per heavy atom. The van der Waals surface area contributed by atoms with Crippen LogP contribution in [0.5, 0.6) is 0 Å². The second-order valence-electron chi connectivity index (χ2n) is 4.22. The molecule has 0 fully saturated rings. The number of para-hydroxylation sites is 1. The molecule has 2 nitrogen and oxygen atoms in total. The summed E-state index contributed by atoms with van der Waals surface area (Å²) in [6.45, 7) is 2.05. The zero-order chi connectivity index (χ0) is 12.5. The molecule has 0 amide bonds. The van der Waals surface area contributed by atoms with E-state index in [0.29, 0.717) is 11.0 Å². The molecule has 2 aromatic carbocycles. The van der Waals surface area contributed by atoms with Crippen LogP contribution in [-0.4, -0.2) is 9.97 Å². The number of nitrogens with zero attached hydrogens (tertiary/aromatic N) is 2. The molecule has 0 bridgehead atoms. The van der Waals surface area contributed by atoms with Gasteiger partial charge in [-0.05, 0) is 19.1 Å². The Hall–Kier alpha value is -1.64. The summed E-state index contributed by atoms with van der Waals surface area (Å²) in [5.41, 5.74) is 3.06. The van der Waals surface area contributed by atoms with Gasteiger partial charge in [0.15, 0.2) is 5.82 Å². The van der Waals surface area contributed by atoms with Crippen molar-refractivity contribution in [2.24, 2.45) is 0 Å². The van der Waals surface area contributed by atoms with Gasteiger partial charge in [-0.15, -0.1) is 12.4 Å². The van der Waals surface area contributed by atoms with Crippen LogP contribution in [-0.2, 0) is 0 Å². The lowest BCUT2D eigenvalue weighted by Crippen LogP contribution is -1.91. The highest BCUT2D eigenvalue weighted by molar-refractivity contribution is 6.34. The van der Waals surface area contributed by atoms with E-state index in [1.165, 1.54) is 5.56 Å². The maximum absolute atomic E-state index is 6.19. The molecule has 0 radical (unpaired) electrons. The van der Waals surface area contributed by atoms with Crippen molar-refractivity contribution >= 4 is 34.9 Å². The van der Waals surface area contributed by atoms with E-state index in [9.17, 15) is 0 Å². The van der Waals surface area contributed by atoms with E-state index in [1.807, 2.05) is 48.5 Å². The fraction of sp³-hybridized carbons (Fsp3) is 0.0667. The molecular weight excluding hydrogens is 279 g/mol. The summed E-state index contributed by atoms with van der Waals surface area (Å²) in [5.74, 6) is 0.665. The van der Waals surface area contributed by atoms with Crippen LogP contribution in [0.4, 0.5) is 0 Å². The average Bonchev–Trinajstić information content (AvgIpc) is 2.39. The first-order valence-electron chi connectivity index (χ1n) is 5.73. The van der Waals surface area contributed by atoms with Crippen molar-refractivity contribution in [1.29, 1.82) is 0 Å². The molecule has 0 aliphatic carbocycles. The van der Waals surface area contributed by atoms with Crippen molar-refractivity contribution in [3.8, 4) is 11.4 Å². The lowest BCUT2D eigenvalue weighted by Gasteiger charge is -2.04. The van der Waals surface area contributed by atoms with Gasteiger partial charge in [0.05, 0.1) is 5.52 Å². The van der Waals surface area contributed by atoms with Crippen molar-refractivity contribution in [1.82, 2.24) is 9.97 Å². The Balaban J connectivity index is 0.00000133. The fourth-order valence-electron chi connectivity index (χ4n) is 1.87. The molecule has 1 aromatic heterocycles. The first kappa shape index (κ1) is 13.8. The number of fused-ring (bicyclic) bond motifs is 1. The molecule has 0 unspecified atom stereocenters. The van der Waals surface area contributed by atoms with Crippen LogP contribution in [0.1, 0.15) is 5.56 Å². The molecule has 0 atom stereocenters. The summed E-state index contributed by atoms with van der Waals surface area (Å²) < 4.78 is 0. The summed E-state index contributed by atoms with van der Waals surface area (Å²) >= 11 is 6.19. The van der Waals surface area contributed by atoms with E-state index in [4.69, 9.17) is 11.6 Å². The molecule has 0 saturated heterocycles. The Kier molecular flexibility index (Phi) is 4.03. The zero-order valence-electron chi connectivity index (χ0n) is 10.3. The van der Waals surface area contributed by atoms with Crippen LogP contribution in [0, 0.1) is 6.92 Å². The highest BCUT2D eigenvalue weighted by atomic mass is 35.5. The van der Waals surface area contributed by atoms with Gasteiger partial charge in [-0.25, -0.2) is 9.97 Å². The largest absolute Gasteiger partial charge is 0.228 e. The first-order valence-corrected chi connectivity index (χ1v) is 6.11. The van der Waals surface area contributed by atoms with Gasteiger partial charge in [-0.1, -0.05) is 53.6 Å². The predicted octanol–water partition coefficient (Wildman–Crippen LogP) is 4.68. The number of aromatic nitrogens is 2. The predicted molar refractivity (Wildman–Crippen MR) is 82.0 cm³/mol. The van der Waals surface area contributed by atoms with Gasteiger partial charge < -0.3 is 0 Å². The first-order chi connectivity index (χ1) is 8.74. The monoisotopic (exact) mass is 290 g/mol. The number of hydrogen-bond donors (Lipinski definition) is 0. The van der Waals surface area contributed by atoms with Gasteiger partial charge in [0.25, 0.3) is 0 Å². The van der Waals surface area contributed by atoms with E-state index < -0.39 is 0 Å². The van der Waals surface area contributed by atoms with E-state index in [1.54, 1.807) is 0 Å². The van der Waals surface area contributed by atoms with Crippen LogP contribution >= 0.6 is 24.0 Å². The van der Waals surface area contributed by atoms with Crippen molar-refractivity contribution in [2.45, 2.75) is 6.92 Å². The SMILES string of the molecule is Cc1ccc(-c2nc(Cl)c3ccccc3n2)cc1.Cl. The second kappa shape index (κ2) is 5.55. The molecule has 1 heterocycles. The van der Waals surface area contributed by atoms with Crippen LogP contribution in [0.3, 0.4) is 0 Å². The maximum Gasteiger partial charge on any atom is 0.161 e. The molecule has 0 aliphatic heterocycles. The summed E-state index contributed by atoms with van der Waals surface area (Å²) in [4.78, 5) is 8.90. The smallest absolute Gasteiger partial charge is 0.161 e. The third kappa shape index (κ3) is 2.70. The molecule has 4 heteroatoms. The normalized spacial score (nSPS) is 10.2. The second-order valence-corrected chi connectivity index (χ2v) is 4.58. The number of rotatable bonds is 1. The standard InChI is InChI=1S/C15H11ClN2.ClH/c1-10-6-8-11(9-7-10)15-17-13-5-3-2-4-12(13)14(16)18-15;/h2-9H,1H3;1H. The minimum absolute atomic E-state index is 0. The lowest BCUT2D eigenvalue weighted by atomic mass is 10.1. The van der Waals surface area contributed by atoms with Gasteiger partial charge in [-0.3, -0.25) is 0 Å². The van der Waals surface area contributed by atoms with Crippen LogP contribution in [0.25, 0.3) is 22.3 Å². The van der Waals surface area contributed by atoms with Crippen molar-refractivity contribution in [3.63, 3.8) is 0 Å². The van der Waals surface area contributed by atoms with Gasteiger partial charge in [0.1, 0.15) is 5.15 Å². The van der Waals surface area contributed by atoms with Crippen LogP contribution in [0.2, 0.25) is 5.15 Å². The molecule has 96 valence electrons. The molecule has 3 aromatic rings. The summed E-state index contributed by atoms with van der Waals surface area (Å²) in [7, 11) is 0. The highest BCUT2D eigenvalue weighted by Crippen LogP contribution is 2.24. The lowest BCUT2D eigenvalue weighted by molar-refractivity contribution is 1.22. The van der Waals surface area contributed by atoms with E-state index in [2.05, 4.69) is 16.9 Å². The molecule has 0 aliphatic rings. The zero-order valence-corrected chi connectivity index (χ0v) is 11.9. The number of halogens is 2. The minimum atomic E-state index is 0.